The van der Waals surface area contributed by atoms with Crippen LogP contribution in [0, 0.1) is 0 Å². The standard InChI is InChI=1S/C18H17N3O2/c1-2-4-14(5-3-1)17-19-20-18(23-17)15-6-8-16(9-7-15)21-10-12-22-13-11-21/h1-9H,10-13H2. The van der Waals surface area contributed by atoms with E-state index in [4.69, 9.17) is 9.15 Å². The second-order valence-corrected chi connectivity index (χ2v) is 5.42. The van der Waals surface area contributed by atoms with Crippen molar-refractivity contribution in [2.75, 3.05) is 31.2 Å². The number of morpholine rings is 1. The summed E-state index contributed by atoms with van der Waals surface area (Å²) in [7, 11) is 0. The van der Waals surface area contributed by atoms with Gasteiger partial charge in [0.2, 0.25) is 11.8 Å². The number of anilines is 1. The van der Waals surface area contributed by atoms with Gasteiger partial charge in [-0.15, -0.1) is 10.2 Å². The molecule has 2 aromatic carbocycles. The summed E-state index contributed by atoms with van der Waals surface area (Å²) in [6.45, 7) is 3.42. The molecule has 116 valence electrons. The molecule has 0 aliphatic carbocycles. The van der Waals surface area contributed by atoms with Crippen LogP contribution in [0.1, 0.15) is 0 Å². The van der Waals surface area contributed by atoms with Crippen LogP contribution in [0.3, 0.4) is 0 Å². The summed E-state index contributed by atoms with van der Waals surface area (Å²) in [5.41, 5.74) is 3.05. The highest BCUT2D eigenvalue weighted by Crippen LogP contribution is 2.26. The van der Waals surface area contributed by atoms with Gasteiger partial charge in [-0.2, -0.15) is 0 Å². The first-order chi connectivity index (χ1) is 11.4. The molecule has 0 unspecified atom stereocenters. The zero-order valence-corrected chi connectivity index (χ0v) is 12.7. The van der Waals surface area contributed by atoms with Gasteiger partial charge in [0.25, 0.3) is 0 Å². The third-order valence-electron chi connectivity index (χ3n) is 3.94. The summed E-state index contributed by atoms with van der Waals surface area (Å²) in [5.74, 6) is 1.08. The van der Waals surface area contributed by atoms with E-state index in [0.29, 0.717) is 11.8 Å². The van der Waals surface area contributed by atoms with Crippen LogP contribution in [0.5, 0.6) is 0 Å². The van der Waals surface area contributed by atoms with Crippen LogP contribution in [-0.2, 0) is 4.74 Å². The topological polar surface area (TPSA) is 51.4 Å². The van der Waals surface area contributed by atoms with Crippen LogP contribution < -0.4 is 4.90 Å². The molecule has 5 nitrogen and oxygen atoms in total. The molecule has 4 rings (SSSR count). The normalized spacial score (nSPS) is 14.9. The molecule has 2 heterocycles. The van der Waals surface area contributed by atoms with E-state index in [-0.39, 0.29) is 0 Å². The second kappa shape index (κ2) is 6.22. The Bertz CT molecular complexity index is 762. The van der Waals surface area contributed by atoms with Crippen LogP contribution in [0.15, 0.2) is 59.0 Å². The first-order valence-corrected chi connectivity index (χ1v) is 7.72. The molecule has 23 heavy (non-hydrogen) atoms. The van der Waals surface area contributed by atoms with Crippen molar-refractivity contribution in [3.05, 3.63) is 54.6 Å². The summed E-state index contributed by atoms with van der Waals surface area (Å²) >= 11 is 0. The van der Waals surface area contributed by atoms with Crippen LogP contribution >= 0.6 is 0 Å². The van der Waals surface area contributed by atoms with Gasteiger partial charge in [0.15, 0.2) is 0 Å². The maximum absolute atomic E-state index is 5.79. The molecule has 0 saturated carbocycles. The molecule has 1 aliphatic rings. The van der Waals surface area contributed by atoms with Crippen LogP contribution in [-0.4, -0.2) is 36.5 Å². The minimum absolute atomic E-state index is 0.539. The van der Waals surface area contributed by atoms with Crippen molar-refractivity contribution in [1.29, 1.82) is 0 Å². The highest BCUT2D eigenvalue weighted by Gasteiger charge is 2.13. The van der Waals surface area contributed by atoms with Crippen molar-refractivity contribution in [3.8, 4) is 22.9 Å². The number of benzene rings is 2. The Hall–Kier alpha value is -2.66. The number of ether oxygens (including phenoxy) is 1. The van der Waals surface area contributed by atoms with Gasteiger partial charge in [0, 0.05) is 29.9 Å². The highest BCUT2D eigenvalue weighted by molar-refractivity contribution is 5.61. The second-order valence-electron chi connectivity index (χ2n) is 5.42. The first-order valence-electron chi connectivity index (χ1n) is 7.72. The average molecular weight is 307 g/mol. The fraction of sp³-hybridized carbons (Fsp3) is 0.222. The third kappa shape index (κ3) is 2.96. The maximum atomic E-state index is 5.79. The lowest BCUT2D eigenvalue weighted by molar-refractivity contribution is 0.122. The molecule has 1 saturated heterocycles. The Balaban J connectivity index is 1.55. The van der Waals surface area contributed by atoms with Crippen molar-refractivity contribution in [3.63, 3.8) is 0 Å². The van der Waals surface area contributed by atoms with E-state index in [0.717, 1.165) is 37.4 Å². The Morgan fingerprint density at radius 3 is 2.00 bits per heavy atom. The number of rotatable bonds is 3. The third-order valence-corrected chi connectivity index (χ3v) is 3.94. The minimum atomic E-state index is 0.539. The van der Waals surface area contributed by atoms with E-state index in [1.807, 2.05) is 42.5 Å². The largest absolute Gasteiger partial charge is 0.416 e. The van der Waals surface area contributed by atoms with E-state index in [9.17, 15) is 0 Å². The van der Waals surface area contributed by atoms with Gasteiger partial charge in [-0.05, 0) is 36.4 Å². The van der Waals surface area contributed by atoms with Gasteiger partial charge in [-0.25, -0.2) is 0 Å². The number of nitrogens with zero attached hydrogens (tertiary/aromatic N) is 3. The van der Waals surface area contributed by atoms with Crippen molar-refractivity contribution in [1.82, 2.24) is 10.2 Å². The number of aromatic nitrogens is 2. The molecule has 1 aromatic heterocycles. The lowest BCUT2D eigenvalue weighted by atomic mass is 10.2. The quantitative estimate of drug-likeness (QED) is 0.743. The molecule has 0 spiro atoms. The van der Waals surface area contributed by atoms with E-state index >= 15 is 0 Å². The van der Waals surface area contributed by atoms with E-state index in [1.54, 1.807) is 0 Å². The summed E-state index contributed by atoms with van der Waals surface area (Å²) in [6.07, 6.45) is 0. The van der Waals surface area contributed by atoms with Crippen molar-refractivity contribution < 1.29 is 9.15 Å². The zero-order chi connectivity index (χ0) is 15.5. The number of hydrogen-bond acceptors (Lipinski definition) is 5. The van der Waals surface area contributed by atoms with Gasteiger partial charge in [-0.1, -0.05) is 18.2 Å². The lowest BCUT2D eigenvalue weighted by Gasteiger charge is -2.28. The smallest absolute Gasteiger partial charge is 0.248 e. The molecule has 1 aliphatic heterocycles. The lowest BCUT2D eigenvalue weighted by Crippen LogP contribution is -2.36. The molecule has 0 amide bonds. The highest BCUT2D eigenvalue weighted by atomic mass is 16.5. The molecule has 1 fully saturated rings. The van der Waals surface area contributed by atoms with E-state index in [2.05, 4.69) is 27.2 Å². The fourth-order valence-corrected chi connectivity index (χ4v) is 2.67. The summed E-state index contributed by atoms with van der Waals surface area (Å²) in [5, 5.41) is 8.29. The molecule has 0 atom stereocenters. The first kappa shape index (κ1) is 14.0. The van der Waals surface area contributed by atoms with Gasteiger partial charge < -0.3 is 14.1 Å². The van der Waals surface area contributed by atoms with Crippen LogP contribution in [0.2, 0.25) is 0 Å². The van der Waals surface area contributed by atoms with E-state index < -0.39 is 0 Å². The predicted octanol–water partition coefficient (Wildman–Crippen LogP) is 3.24. The maximum Gasteiger partial charge on any atom is 0.248 e. The average Bonchev–Trinajstić information content (AvgIpc) is 3.14. The minimum Gasteiger partial charge on any atom is -0.416 e. The molecule has 0 radical (unpaired) electrons. The van der Waals surface area contributed by atoms with Gasteiger partial charge in [-0.3, -0.25) is 0 Å². The summed E-state index contributed by atoms with van der Waals surface area (Å²) < 4.78 is 11.2. The van der Waals surface area contributed by atoms with Crippen molar-refractivity contribution in [2.45, 2.75) is 0 Å². The Labute approximate surface area is 134 Å². The van der Waals surface area contributed by atoms with E-state index in [1.165, 1.54) is 5.69 Å². The van der Waals surface area contributed by atoms with Crippen molar-refractivity contribution >= 4 is 5.69 Å². The Kier molecular flexibility index (Phi) is 3.78. The molecule has 5 heteroatoms. The molecule has 0 N–H and O–H groups in total. The van der Waals surface area contributed by atoms with Crippen LogP contribution in [0.25, 0.3) is 22.9 Å². The predicted molar refractivity (Wildman–Crippen MR) is 88.2 cm³/mol. The van der Waals surface area contributed by atoms with Gasteiger partial charge in [0.1, 0.15) is 0 Å². The van der Waals surface area contributed by atoms with Crippen LogP contribution in [0.4, 0.5) is 5.69 Å². The molecular formula is C18H17N3O2. The molecular weight excluding hydrogens is 290 g/mol. The van der Waals surface area contributed by atoms with Gasteiger partial charge >= 0.3 is 0 Å². The molecule has 0 bridgehead atoms. The Morgan fingerprint density at radius 1 is 0.739 bits per heavy atom. The van der Waals surface area contributed by atoms with Crippen molar-refractivity contribution in [2.24, 2.45) is 0 Å². The fourth-order valence-electron chi connectivity index (χ4n) is 2.67. The number of hydrogen-bond donors (Lipinski definition) is 0. The zero-order valence-electron chi connectivity index (χ0n) is 12.7. The SMILES string of the molecule is c1ccc(-c2nnc(-c3ccc(N4CCOCC4)cc3)o2)cc1. The summed E-state index contributed by atoms with van der Waals surface area (Å²) in [6, 6.07) is 18.0. The Morgan fingerprint density at radius 2 is 1.35 bits per heavy atom. The molecule has 3 aromatic rings. The van der Waals surface area contributed by atoms with Gasteiger partial charge in [0.05, 0.1) is 13.2 Å². The summed E-state index contributed by atoms with van der Waals surface area (Å²) in [4.78, 5) is 2.32. The monoisotopic (exact) mass is 307 g/mol.